The van der Waals surface area contributed by atoms with Crippen molar-refractivity contribution in [3.05, 3.63) is 90.6 Å². The summed E-state index contributed by atoms with van der Waals surface area (Å²) in [4.78, 5) is 24.3. The fourth-order valence-electron chi connectivity index (χ4n) is 3.23. The summed E-state index contributed by atoms with van der Waals surface area (Å²) < 4.78 is 1.86. The van der Waals surface area contributed by atoms with Gasteiger partial charge in [0.25, 0.3) is 0 Å². The molecule has 0 saturated heterocycles. The summed E-state index contributed by atoms with van der Waals surface area (Å²) in [5.74, 6) is -0.846. The number of carbonyl (C=O) groups is 1. The standard InChI is InChI=1S/C23H27N5O2/c1-26-13-7-4-10-22(26)18-27(16-20-8-2-5-11-24-20)14-15-28(19-23(29)30)17-21-9-3-6-12-25-21/h2-13H,1,14-19H2,(H,29,30). The van der Waals surface area contributed by atoms with E-state index < -0.39 is 5.97 Å². The first-order valence-electron chi connectivity index (χ1n) is 9.87. The van der Waals surface area contributed by atoms with Gasteiger partial charge < -0.3 is 5.11 Å². The second-order valence-corrected chi connectivity index (χ2v) is 7.12. The SMILES string of the molecule is C=[N+]1C=CC=C[C-]1CN(CCN(CC(=O)O)Cc1ccccn1)Cc1ccccn1. The summed E-state index contributed by atoms with van der Waals surface area (Å²) in [6.45, 7) is 7.14. The molecule has 0 radical (unpaired) electrons. The molecule has 0 bridgehead atoms. The van der Waals surface area contributed by atoms with E-state index in [0.717, 1.165) is 17.4 Å². The summed E-state index contributed by atoms with van der Waals surface area (Å²) in [5.41, 5.74) is 1.83. The maximum absolute atomic E-state index is 11.4. The number of pyridine rings is 2. The van der Waals surface area contributed by atoms with Crippen molar-refractivity contribution in [3.63, 3.8) is 0 Å². The van der Waals surface area contributed by atoms with Crippen molar-refractivity contribution in [2.45, 2.75) is 13.1 Å². The van der Waals surface area contributed by atoms with Crippen LogP contribution in [0.15, 0.2) is 73.2 Å². The van der Waals surface area contributed by atoms with Crippen molar-refractivity contribution < 1.29 is 14.5 Å². The zero-order chi connectivity index (χ0) is 21.2. The highest BCUT2D eigenvalue weighted by Crippen LogP contribution is 2.14. The number of aliphatic carboxylic acids is 1. The Balaban J connectivity index is 1.67. The first-order valence-corrected chi connectivity index (χ1v) is 9.87. The van der Waals surface area contributed by atoms with Crippen LogP contribution in [-0.4, -0.2) is 68.3 Å². The van der Waals surface area contributed by atoms with E-state index >= 15 is 0 Å². The average molecular weight is 406 g/mol. The van der Waals surface area contributed by atoms with Crippen LogP contribution in [0.4, 0.5) is 0 Å². The zero-order valence-electron chi connectivity index (χ0n) is 17.0. The molecule has 2 aromatic heterocycles. The highest BCUT2D eigenvalue weighted by molar-refractivity contribution is 5.69. The minimum absolute atomic E-state index is 0.0331. The van der Waals surface area contributed by atoms with Gasteiger partial charge in [0.15, 0.2) is 0 Å². The third-order valence-corrected chi connectivity index (χ3v) is 4.74. The van der Waals surface area contributed by atoms with Gasteiger partial charge in [-0.25, -0.2) is 0 Å². The largest absolute Gasteiger partial charge is 0.480 e. The average Bonchev–Trinajstić information content (AvgIpc) is 2.74. The minimum Gasteiger partial charge on any atom is -0.480 e. The first kappa shape index (κ1) is 21.4. The molecule has 0 unspecified atom stereocenters. The Hall–Kier alpha value is -3.29. The van der Waals surface area contributed by atoms with Crippen molar-refractivity contribution in [3.8, 4) is 0 Å². The molecule has 0 spiro atoms. The minimum atomic E-state index is -0.846. The molecule has 0 amide bonds. The molecule has 7 nitrogen and oxygen atoms in total. The fourth-order valence-corrected chi connectivity index (χ4v) is 3.23. The lowest BCUT2D eigenvalue weighted by Crippen LogP contribution is -2.40. The molecule has 3 rings (SSSR count). The lowest BCUT2D eigenvalue weighted by molar-refractivity contribution is -0.427. The van der Waals surface area contributed by atoms with Gasteiger partial charge in [-0.1, -0.05) is 24.3 Å². The quantitative estimate of drug-likeness (QED) is 0.456. The van der Waals surface area contributed by atoms with Gasteiger partial charge in [-0.3, -0.25) is 29.1 Å². The predicted octanol–water partition coefficient (Wildman–Crippen LogP) is 2.19. The molecule has 156 valence electrons. The molecule has 0 atom stereocenters. The molecule has 3 heterocycles. The fraction of sp³-hybridized carbons (Fsp3) is 0.261. The van der Waals surface area contributed by atoms with E-state index in [4.69, 9.17) is 0 Å². The maximum Gasteiger partial charge on any atom is 0.317 e. The summed E-state index contributed by atoms with van der Waals surface area (Å²) >= 11 is 0. The molecule has 2 aromatic rings. The molecule has 0 fully saturated rings. The van der Waals surface area contributed by atoms with Crippen LogP contribution in [0.1, 0.15) is 11.4 Å². The van der Waals surface area contributed by atoms with Crippen molar-refractivity contribution in [2.24, 2.45) is 0 Å². The molecule has 1 N–H and O–H groups in total. The van der Waals surface area contributed by atoms with Gasteiger partial charge in [0.05, 0.1) is 30.9 Å². The lowest BCUT2D eigenvalue weighted by Gasteiger charge is -2.29. The van der Waals surface area contributed by atoms with Crippen molar-refractivity contribution in [1.29, 1.82) is 0 Å². The van der Waals surface area contributed by atoms with E-state index in [1.807, 2.05) is 70.3 Å². The number of hydrogen-bond acceptors (Lipinski definition) is 5. The van der Waals surface area contributed by atoms with E-state index in [9.17, 15) is 9.90 Å². The van der Waals surface area contributed by atoms with E-state index in [-0.39, 0.29) is 6.54 Å². The zero-order valence-corrected chi connectivity index (χ0v) is 17.0. The lowest BCUT2D eigenvalue weighted by atomic mass is 10.2. The van der Waals surface area contributed by atoms with Crippen LogP contribution in [0, 0.1) is 6.04 Å². The van der Waals surface area contributed by atoms with Crippen molar-refractivity contribution in [1.82, 2.24) is 19.8 Å². The van der Waals surface area contributed by atoms with Crippen molar-refractivity contribution >= 4 is 12.7 Å². The van der Waals surface area contributed by atoms with Gasteiger partial charge in [-0.15, -0.1) is 6.08 Å². The van der Waals surface area contributed by atoms with Gasteiger partial charge in [0.2, 0.25) is 0 Å². The summed E-state index contributed by atoms with van der Waals surface area (Å²) in [5, 5.41) is 9.34. The number of nitrogens with zero attached hydrogens (tertiary/aromatic N) is 5. The molecule has 1 aliphatic rings. The second kappa shape index (κ2) is 11.0. The smallest absolute Gasteiger partial charge is 0.317 e. The van der Waals surface area contributed by atoms with Crippen LogP contribution in [0.5, 0.6) is 0 Å². The summed E-state index contributed by atoms with van der Waals surface area (Å²) in [6, 6.07) is 12.6. The van der Waals surface area contributed by atoms with Crippen LogP contribution >= 0.6 is 0 Å². The number of carboxylic acids is 1. The molecule has 0 aromatic carbocycles. The number of carboxylic acid groups (broad SMARTS) is 1. The van der Waals surface area contributed by atoms with Gasteiger partial charge in [-0.2, -0.15) is 0 Å². The van der Waals surface area contributed by atoms with Gasteiger partial charge in [0.1, 0.15) is 6.04 Å². The summed E-state index contributed by atoms with van der Waals surface area (Å²) in [6.07, 6.45) is 11.4. The predicted molar refractivity (Wildman–Crippen MR) is 116 cm³/mol. The third kappa shape index (κ3) is 6.95. The van der Waals surface area contributed by atoms with E-state index in [2.05, 4.69) is 21.6 Å². The topological polar surface area (TPSA) is 72.6 Å². The highest BCUT2D eigenvalue weighted by atomic mass is 16.4. The molecule has 7 heteroatoms. The molecule has 30 heavy (non-hydrogen) atoms. The Morgan fingerprint density at radius 1 is 1.00 bits per heavy atom. The van der Waals surface area contributed by atoms with Crippen LogP contribution in [0.2, 0.25) is 0 Å². The Bertz CT molecular complexity index is 883. The first-order chi connectivity index (χ1) is 14.6. The Morgan fingerprint density at radius 3 is 2.20 bits per heavy atom. The maximum atomic E-state index is 11.4. The number of rotatable bonds is 11. The van der Waals surface area contributed by atoms with Crippen LogP contribution in [0.3, 0.4) is 0 Å². The van der Waals surface area contributed by atoms with E-state index in [1.54, 1.807) is 12.4 Å². The molecule has 0 saturated carbocycles. The van der Waals surface area contributed by atoms with E-state index in [1.165, 1.54) is 0 Å². The third-order valence-electron chi connectivity index (χ3n) is 4.74. The van der Waals surface area contributed by atoms with Gasteiger partial charge in [0, 0.05) is 45.1 Å². The molecular formula is C23H27N5O2. The number of aromatic nitrogens is 2. The molecular weight excluding hydrogens is 378 g/mol. The Morgan fingerprint density at radius 2 is 1.63 bits per heavy atom. The molecule has 0 aliphatic carbocycles. The Kier molecular flexibility index (Phi) is 7.88. The van der Waals surface area contributed by atoms with E-state index in [0.29, 0.717) is 32.7 Å². The van der Waals surface area contributed by atoms with Gasteiger partial charge in [-0.05, 0) is 24.3 Å². The Labute approximate surface area is 177 Å². The number of allylic oxidation sites excluding steroid dienone is 2. The van der Waals surface area contributed by atoms with Crippen LogP contribution < -0.4 is 0 Å². The normalized spacial score (nSPS) is 13.4. The number of hydrogen-bond donors (Lipinski definition) is 1. The van der Waals surface area contributed by atoms with Crippen LogP contribution in [0.25, 0.3) is 0 Å². The monoisotopic (exact) mass is 405 g/mol. The van der Waals surface area contributed by atoms with Crippen LogP contribution in [-0.2, 0) is 17.9 Å². The second-order valence-electron chi connectivity index (χ2n) is 7.12. The summed E-state index contributed by atoms with van der Waals surface area (Å²) in [7, 11) is 0. The highest BCUT2D eigenvalue weighted by Gasteiger charge is 2.19. The molecule has 1 aliphatic heterocycles. The van der Waals surface area contributed by atoms with Gasteiger partial charge >= 0.3 is 5.97 Å². The van der Waals surface area contributed by atoms with Crippen molar-refractivity contribution in [2.75, 3.05) is 26.2 Å².